The van der Waals surface area contributed by atoms with E-state index in [4.69, 9.17) is 0 Å². The van der Waals surface area contributed by atoms with Gasteiger partial charge in [-0.05, 0) is 44.6 Å². The first-order chi connectivity index (χ1) is 7.74. The molecule has 1 N–H and O–H groups in total. The van der Waals surface area contributed by atoms with Crippen LogP contribution in [0, 0.1) is 12.8 Å². The molecule has 1 aromatic rings. The third-order valence-corrected chi connectivity index (χ3v) is 3.56. The Morgan fingerprint density at radius 3 is 2.75 bits per heavy atom. The van der Waals surface area contributed by atoms with Crippen molar-refractivity contribution in [2.45, 2.75) is 52.1 Å². The molecule has 0 saturated heterocycles. The van der Waals surface area contributed by atoms with Crippen LogP contribution in [0.5, 0.6) is 0 Å². The van der Waals surface area contributed by atoms with E-state index in [1.807, 2.05) is 11.6 Å². The molecular weight excluding hydrogens is 198 g/mol. The lowest BCUT2D eigenvalue weighted by Gasteiger charge is -2.27. The molecule has 0 bridgehead atoms. The number of nitrogens with one attached hydrogen (secondary N) is 1. The number of aryl methyl sites for hydroxylation is 1. The zero-order valence-corrected chi connectivity index (χ0v) is 10.4. The van der Waals surface area contributed by atoms with Crippen molar-refractivity contribution < 1.29 is 0 Å². The van der Waals surface area contributed by atoms with Gasteiger partial charge in [-0.2, -0.15) is 5.10 Å². The van der Waals surface area contributed by atoms with Gasteiger partial charge in [0.05, 0.1) is 12.2 Å². The van der Waals surface area contributed by atoms with E-state index in [2.05, 4.69) is 29.6 Å². The predicted octanol–water partition coefficient (Wildman–Crippen LogP) is 2.36. The van der Waals surface area contributed by atoms with Crippen molar-refractivity contribution in [2.75, 3.05) is 6.54 Å². The van der Waals surface area contributed by atoms with Gasteiger partial charge in [0.15, 0.2) is 0 Å². The molecule has 0 radical (unpaired) electrons. The summed E-state index contributed by atoms with van der Waals surface area (Å²) in [6, 6.07) is 2.80. The van der Waals surface area contributed by atoms with Gasteiger partial charge < -0.3 is 5.32 Å². The average Bonchev–Trinajstić information content (AvgIpc) is 2.67. The van der Waals surface area contributed by atoms with Crippen molar-refractivity contribution in [1.29, 1.82) is 0 Å². The maximum Gasteiger partial charge on any atom is 0.0593 e. The number of rotatable bonds is 4. The molecular formula is C13H23N3. The van der Waals surface area contributed by atoms with Gasteiger partial charge in [-0.25, -0.2) is 0 Å². The monoisotopic (exact) mass is 221 g/mol. The second-order valence-corrected chi connectivity index (χ2v) is 5.13. The van der Waals surface area contributed by atoms with E-state index in [9.17, 15) is 0 Å². The Kier molecular flexibility index (Phi) is 3.99. The molecule has 0 spiro atoms. The van der Waals surface area contributed by atoms with E-state index in [0.29, 0.717) is 0 Å². The summed E-state index contributed by atoms with van der Waals surface area (Å²) < 4.78 is 2.02. The molecule has 0 aromatic carbocycles. The Morgan fingerprint density at radius 1 is 1.38 bits per heavy atom. The van der Waals surface area contributed by atoms with Gasteiger partial charge in [0.25, 0.3) is 0 Å². The van der Waals surface area contributed by atoms with E-state index in [1.54, 1.807) is 0 Å². The molecule has 0 amide bonds. The summed E-state index contributed by atoms with van der Waals surface area (Å²) in [5, 5.41) is 8.02. The number of hydrogen-bond donors (Lipinski definition) is 1. The lowest BCUT2D eigenvalue weighted by atomic mass is 9.87. The Balaban J connectivity index is 1.64. The van der Waals surface area contributed by atoms with Crippen LogP contribution in [0.2, 0.25) is 0 Å². The highest BCUT2D eigenvalue weighted by Gasteiger charge is 2.16. The molecule has 2 rings (SSSR count). The summed E-state index contributed by atoms with van der Waals surface area (Å²) in [5.41, 5.74) is 1.10. The van der Waals surface area contributed by atoms with Crippen LogP contribution in [0.15, 0.2) is 12.3 Å². The van der Waals surface area contributed by atoms with Crippen LogP contribution >= 0.6 is 0 Å². The van der Waals surface area contributed by atoms with E-state index >= 15 is 0 Å². The minimum absolute atomic E-state index is 0.743. The maximum absolute atomic E-state index is 4.38. The summed E-state index contributed by atoms with van der Waals surface area (Å²) in [7, 11) is 0. The number of nitrogens with zero attached hydrogens (tertiary/aromatic N) is 2. The SMILES string of the molecule is Cc1ccn(CCNC2CCC(C)CC2)n1. The largest absolute Gasteiger partial charge is 0.312 e. The van der Waals surface area contributed by atoms with Crippen LogP contribution in [0.4, 0.5) is 0 Å². The smallest absolute Gasteiger partial charge is 0.0593 e. The first-order valence-electron chi connectivity index (χ1n) is 6.47. The third kappa shape index (κ3) is 3.34. The van der Waals surface area contributed by atoms with E-state index in [0.717, 1.165) is 30.7 Å². The van der Waals surface area contributed by atoms with Crippen molar-refractivity contribution in [1.82, 2.24) is 15.1 Å². The second-order valence-electron chi connectivity index (χ2n) is 5.13. The fraction of sp³-hybridized carbons (Fsp3) is 0.769. The molecule has 3 heteroatoms. The molecule has 90 valence electrons. The van der Waals surface area contributed by atoms with Crippen LogP contribution in [0.3, 0.4) is 0 Å². The molecule has 1 heterocycles. The van der Waals surface area contributed by atoms with Gasteiger partial charge in [0.2, 0.25) is 0 Å². The molecule has 1 saturated carbocycles. The van der Waals surface area contributed by atoms with Gasteiger partial charge in [0, 0.05) is 18.8 Å². The Bertz CT molecular complexity index is 311. The van der Waals surface area contributed by atoms with E-state index in [1.165, 1.54) is 25.7 Å². The van der Waals surface area contributed by atoms with Crippen molar-refractivity contribution in [3.63, 3.8) is 0 Å². The summed E-state index contributed by atoms with van der Waals surface area (Å²) >= 11 is 0. The third-order valence-electron chi connectivity index (χ3n) is 3.56. The van der Waals surface area contributed by atoms with Crippen molar-refractivity contribution >= 4 is 0 Å². The zero-order chi connectivity index (χ0) is 11.4. The highest BCUT2D eigenvalue weighted by atomic mass is 15.3. The highest BCUT2D eigenvalue weighted by molar-refractivity contribution is 4.94. The molecule has 3 nitrogen and oxygen atoms in total. The van der Waals surface area contributed by atoms with Gasteiger partial charge in [-0.15, -0.1) is 0 Å². The summed E-state index contributed by atoms with van der Waals surface area (Å²) in [4.78, 5) is 0. The molecule has 1 fully saturated rings. The number of hydrogen-bond acceptors (Lipinski definition) is 2. The predicted molar refractivity (Wildman–Crippen MR) is 66.4 cm³/mol. The summed E-state index contributed by atoms with van der Waals surface area (Å²) in [6.07, 6.45) is 7.52. The van der Waals surface area contributed by atoms with Crippen LogP contribution < -0.4 is 5.32 Å². The quantitative estimate of drug-likeness (QED) is 0.846. The molecule has 0 aliphatic heterocycles. The Morgan fingerprint density at radius 2 is 2.12 bits per heavy atom. The zero-order valence-electron chi connectivity index (χ0n) is 10.4. The normalized spacial score (nSPS) is 25.9. The first-order valence-corrected chi connectivity index (χ1v) is 6.47. The second kappa shape index (κ2) is 5.48. The highest BCUT2D eigenvalue weighted by Crippen LogP contribution is 2.23. The van der Waals surface area contributed by atoms with Crippen LogP contribution in [-0.4, -0.2) is 22.4 Å². The summed E-state index contributed by atoms with van der Waals surface area (Å²) in [6.45, 7) is 6.43. The minimum Gasteiger partial charge on any atom is -0.312 e. The van der Waals surface area contributed by atoms with Crippen molar-refractivity contribution in [2.24, 2.45) is 5.92 Å². The van der Waals surface area contributed by atoms with E-state index in [-0.39, 0.29) is 0 Å². The minimum atomic E-state index is 0.743. The maximum atomic E-state index is 4.38. The lowest BCUT2D eigenvalue weighted by Crippen LogP contribution is -2.34. The van der Waals surface area contributed by atoms with Crippen molar-refractivity contribution in [3.05, 3.63) is 18.0 Å². The number of aromatic nitrogens is 2. The standard InChI is InChI=1S/C13H23N3/c1-11-3-5-13(6-4-11)14-8-10-16-9-7-12(2)15-16/h7,9,11,13-14H,3-6,8,10H2,1-2H3. The fourth-order valence-corrected chi connectivity index (χ4v) is 2.44. The van der Waals surface area contributed by atoms with Gasteiger partial charge in [-0.1, -0.05) is 6.92 Å². The van der Waals surface area contributed by atoms with Crippen LogP contribution in [0.1, 0.15) is 38.3 Å². The molecule has 1 aliphatic carbocycles. The molecule has 1 aliphatic rings. The Hall–Kier alpha value is -0.830. The fourth-order valence-electron chi connectivity index (χ4n) is 2.44. The van der Waals surface area contributed by atoms with Gasteiger partial charge in [-0.3, -0.25) is 4.68 Å². The Labute approximate surface area is 98.2 Å². The lowest BCUT2D eigenvalue weighted by molar-refractivity contribution is 0.304. The average molecular weight is 221 g/mol. The summed E-state index contributed by atoms with van der Waals surface area (Å²) in [5.74, 6) is 0.937. The van der Waals surface area contributed by atoms with Crippen molar-refractivity contribution in [3.8, 4) is 0 Å². The molecule has 0 atom stereocenters. The molecule has 1 aromatic heterocycles. The molecule has 16 heavy (non-hydrogen) atoms. The van der Waals surface area contributed by atoms with Gasteiger partial charge >= 0.3 is 0 Å². The first kappa shape index (κ1) is 11.6. The topological polar surface area (TPSA) is 29.9 Å². The molecule has 0 unspecified atom stereocenters. The van der Waals surface area contributed by atoms with Gasteiger partial charge in [0.1, 0.15) is 0 Å². The van der Waals surface area contributed by atoms with E-state index < -0.39 is 0 Å². The van der Waals surface area contributed by atoms with Crippen LogP contribution in [-0.2, 0) is 6.54 Å². The van der Waals surface area contributed by atoms with Crippen LogP contribution in [0.25, 0.3) is 0 Å².